The number of amides is 1. The largest absolute Gasteiger partial charge is 0.347 e. The van der Waals surface area contributed by atoms with Gasteiger partial charge in [0.05, 0.1) is 17.9 Å². The van der Waals surface area contributed by atoms with E-state index in [2.05, 4.69) is 28.0 Å². The van der Waals surface area contributed by atoms with Gasteiger partial charge in [-0.25, -0.2) is 4.98 Å². The lowest BCUT2D eigenvalue weighted by Gasteiger charge is -2.11. The number of aryl methyl sites for hydroxylation is 1. The molecule has 1 amide bonds. The van der Waals surface area contributed by atoms with Crippen LogP contribution in [0.2, 0.25) is 0 Å². The average molecular weight is 295 g/mol. The standard InChI is InChI=1S/C18H21N3O/c1-5-11-21-16(12-19-18(22)13(2)3)14(4)20-17(21)15-9-7-6-8-10-15/h5-10H,1-2,11-12H2,3-4H3,(H,19,22). The van der Waals surface area contributed by atoms with Gasteiger partial charge in [0.2, 0.25) is 5.91 Å². The predicted octanol–water partition coefficient (Wildman–Crippen LogP) is 3.24. The van der Waals surface area contributed by atoms with Crippen molar-refractivity contribution < 1.29 is 4.79 Å². The van der Waals surface area contributed by atoms with Gasteiger partial charge in [-0.05, 0) is 13.8 Å². The minimum Gasteiger partial charge on any atom is -0.347 e. The van der Waals surface area contributed by atoms with Crippen molar-refractivity contribution in [1.29, 1.82) is 0 Å². The van der Waals surface area contributed by atoms with Gasteiger partial charge in [-0.15, -0.1) is 6.58 Å². The van der Waals surface area contributed by atoms with E-state index in [1.807, 2.05) is 43.3 Å². The molecule has 0 atom stereocenters. The average Bonchev–Trinajstić information content (AvgIpc) is 2.82. The second-order valence-electron chi connectivity index (χ2n) is 5.20. The molecule has 4 heteroatoms. The Morgan fingerprint density at radius 3 is 2.64 bits per heavy atom. The summed E-state index contributed by atoms with van der Waals surface area (Å²) in [6, 6.07) is 10.0. The highest BCUT2D eigenvalue weighted by Gasteiger charge is 2.15. The number of nitrogens with zero attached hydrogens (tertiary/aromatic N) is 2. The fraction of sp³-hybridized carbons (Fsp3) is 0.222. The van der Waals surface area contributed by atoms with Crippen LogP contribution in [0.4, 0.5) is 0 Å². The number of aromatic nitrogens is 2. The third-order valence-electron chi connectivity index (χ3n) is 3.42. The molecule has 4 nitrogen and oxygen atoms in total. The van der Waals surface area contributed by atoms with E-state index in [0.29, 0.717) is 18.7 Å². The van der Waals surface area contributed by atoms with Crippen molar-refractivity contribution in [2.75, 3.05) is 0 Å². The molecule has 0 spiro atoms. The van der Waals surface area contributed by atoms with Crippen molar-refractivity contribution in [3.63, 3.8) is 0 Å². The summed E-state index contributed by atoms with van der Waals surface area (Å²) in [5, 5.41) is 2.87. The molecule has 0 radical (unpaired) electrons. The van der Waals surface area contributed by atoms with Crippen molar-refractivity contribution in [2.45, 2.75) is 26.9 Å². The molecule has 114 valence electrons. The Hall–Kier alpha value is -2.62. The molecule has 0 aliphatic heterocycles. The molecule has 2 aromatic rings. The molecule has 0 aliphatic carbocycles. The Morgan fingerprint density at radius 1 is 1.36 bits per heavy atom. The van der Waals surface area contributed by atoms with Crippen LogP contribution < -0.4 is 5.32 Å². The monoisotopic (exact) mass is 295 g/mol. The lowest BCUT2D eigenvalue weighted by molar-refractivity contribution is -0.117. The number of imidazole rings is 1. The van der Waals surface area contributed by atoms with Crippen LogP contribution in [-0.4, -0.2) is 15.5 Å². The number of carbonyl (C=O) groups excluding carboxylic acids is 1. The number of nitrogens with one attached hydrogen (secondary N) is 1. The maximum absolute atomic E-state index is 11.7. The van der Waals surface area contributed by atoms with Crippen molar-refractivity contribution in [1.82, 2.24) is 14.9 Å². The van der Waals surface area contributed by atoms with Crippen LogP contribution in [0.5, 0.6) is 0 Å². The minimum atomic E-state index is -0.146. The van der Waals surface area contributed by atoms with Crippen LogP contribution in [0.25, 0.3) is 11.4 Å². The normalized spacial score (nSPS) is 10.3. The Bertz CT molecular complexity index is 699. The minimum absolute atomic E-state index is 0.146. The topological polar surface area (TPSA) is 46.9 Å². The summed E-state index contributed by atoms with van der Waals surface area (Å²) in [5.74, 6) is 0.740. The molecule has 1 aromatic carbocycles. The maximum Gasteiger partial charge on any atom is 0.246 e. The Morgan fingerprint density at radius 2 is 2.05 bits per heavy atom. The van der Waals surface area contributed by atoms with E-state index in [4.69, 9.17) is 0 Å². The van der Waals surface area contributed by atoms with Gasteiger partial charge < -0.3 is 9.88 Å². The van der Waals surface area contributed by atoms with Gasteiger partial charge in [0.25, 0.3) is 0 Å². The van der Waals surface area contributed by atoms with E-state index < -0.39 is 0 Å². The second kappa shape index (κ2) is 6.89. The molecule has 0 aliphatic rings. The second-order valence-corrected chi connectivity index (χ2v) is 5.20. The van der Waals surface area contributed by atoms with Crippen molar-refractivity contribution >= 4 is 5.91 Å². The molecular formula is C18H21N3O. The summed E-state index contributed by atoms with van der Waals surface area (Å²) >= 11 is 0. The van der Waals surface area contributed by atoms with E-state index >= 15 is 0 Å². The highest BCUT2D eigenvalue weighted by molar-refractivity contribution is 5.92. The number of rotatable bonds is 6. The SMILES string of the molecule is C=CCn1c(-c2ccccc2)nc(C)c1CNC(=O)C(=C)C. The van der Waals surface area contributed by atoms with Gasteiger partial charge in [0, 0.05) is 17.7 Å². The Balaban J connectivity index is 2.37. The number of hydrogen-bond acceptors (Lipinski definition) is 2. The van der Waals surface area contributed by atoms with Gasteiger partial charge in [-0.2, -0.15) is 0 Å². The van der Waals surface area contributed by atoms with Gasteiger partial charge in [-0.1, -0.05) is 43.0 Å². The Labute approximate surface area is 131 Å². The van der Waals surface area contributed by atoms with Crippen LogP contribution in [-0.2, 0) is 17.9 Å². The molecule has 0 unspecified atom stereocenters. The lowest BCUT2D eigenvalue weighted by Crippen LogP contribution is -2.25. The molecular weight excluding hydrogens is 274 g/mol. The van der Waals surface area contributed by atoms with E-state index in [1.165, 1.54) is 0 Å². The third kappa shape index (κ3) is 3.34. The molecule has 0 fully saturated rings. The molecule has 22 heavy (non-hydrogen) atoms. The van der Waals surface area contributed by atoms with Crippen LogP contribution in [0.1, 0.15) is 18.3 Å². The van der Waals surface area contributed by atoms with Crippen molar-refractivity contribution in [3.8, 4) is 11.4 Å². The molecule has 1 heterocycles. The molecule has 0 saturated heterocycles. The van der Waals surface area contributed by atoms with Gasteiger partial charge >= 0.3 is 0 Å². The summed E-state index contributed by atoms with van der Waals surface area (Å²) in [6.45, 7) is 12.2. The summed E-state index contributed by atoms with van der Waals surface area (Å²) < 4.78 is 2.08. The van der Waals surface area contributed by atoms with Gasteiger partial charge in [-0.3, -0.25) is 4.79 Å². The quantitative estimate of drug-likeness (QED) is 0.657. The molecule has 0 bridgehead atoms. The van der Waals surface area contributed by atoms with Crippen LogP contribution in [0.15, 0.2) is 55.1 Å². The van der Waals surface area contributed by atoms with Crippen LogP contribution >= 0.6 is 0 Å². The Kier molecular flexibility index (Phi) is 4.94. The lowest BCUT2D eigenvalue weighted by atomic mass is 10.2. The zero-order valence-electron chi connectivity index (χ0n) is 13.1. The molecule has 1 aromatic heterocycles. The highest BCUT2D eigenvalue weighted by Crippen LogP contribution is 2.22. The van der Waals surface area contributed by atoms with Gasteiger partial charge in [0.15, 0.2) is 0 Å². The first-order valence-corrected chi connectivity index (χ1v) is 7.20. The number of benzene rings is 1. The smallest absolute Gasteiger partial charge is 0.246 e. The predicted molar refractivity (Wildman–Crippen MR) is 89.3 cm³/mol. The summed E-state index contributed by atoms with van der Waals surface area (Å²) in [5.41, 5.74) is 3.43. The first kappa shape index (κ1) is 15.8. The third-order valence-corrected chi connectivity index (χ3v) is 3.42. The van der Waals surface area contributed by atoms with E-state index in [9.17, 15) is 4.79 Å². The van der Waals surface area contributed by atoms with E-state index in [1.54, 1.807) is 6.92 Å². The number of allylic oxidation sites excluding steroid dienone is 1. The van der Waals surface area contributed by atoms with Crippen LogP contribution in [0.3, 0.4) is 0 Å². The highest BCUT2D eigenvalue weighted by atomic mass is 16.1. The fourth-order valence-electron chi connectivity index (χ4n) is 2.28. The number of hydrogen-bond donors (Lipinski definition) is 1. The van der Waals surface area contributed by atoms with Crippen molar-refractivity contribution in [2.24, 2.45) is 0 Å². The van der Waals surface area contributed by atoms with E-state index in [-0.39, 0.29) is 5.91 Å². The maximum atomic E-state index is 11.7. The first-order chi connectivity index (χ1) is 10.5. The zero-order chi connectivity index (χ0) is 16.1. The van der Waals surface area contributed by atoms with Crippen molar-refractivity contribution in [3.05, 3.63) is 66.5 Å². The summed E-state index contributed by atoms with van der Waals surface area (Å²) in [7, 11) is 0. The van der Waals surface area contributed by atoms with Crippen LogP contribution in [0, 0.1) is 6.92 Å². The molecule has 2 rings (SSSR count). The first-order valence-electron chi connectivity index (χ1n) is 7.20. The molecule has 0 saturated carbocycles. The zero-order valence-corrected chi connectivity index (χ0v) is 13.1. The van der Waals surface area contributed by atoms with E-state index in [0.717, 1.165) is 22.8 Å². The summed E-state index contributed by atoms with van der Waals surface area (Å²) in [6.07, 6.45) is 1.83. The fourth-order valence-corrected chi connectivity index (χ4v) is 2.28. The van der Waals surface area contributed by atoms with Gasteiger partial charge in [0.1, 0.15) is 5.82 Å². The summed E-state index contributed by atoms with van der Waals surface area (Å²) in [4.78, 5) is 16.4. The molecule has 1 N–H and O–H groups in total. The number of carbonyl (C=O) groups is 1.